The van der Waals surface area contributed by atoms with Crippen molar-refractivity contribution in [2.75, 3.05) is 13.7 Å². The molecule has 158 valence electrons. The molecule has 0 aliphatic rings. The van der Waals surface area contributed by atoms with E-state index in [4.69, 9.17) is 4.74 Å². The number of carbonyl (C=O) groups is 1. The number of carbonyl (C=O) groups excluding carboxylic acids is 1. The first-order valence-corrected chi connectivity index (χ1v) is 10.1. The molecular weight excluding hydrogens is 378 g/mol. The highest BCUT2D eigenvalue weighted by Gasteiger charge is 2.20. The number of methoxy groups -OCH3 is 1. The summed E-state index contributed by atoms with van der Waals surface area (Å²) in [7, 11) is 1.62. The molecule has 1 heterocycles. The molecule has 1 N–H and O–H groups in total. The number of hydrogen-bond acceptors (Lipinski definition) is 5. The first-order chi connectivity index (χ1) is 14.3. The van der Waals surface area contributed by atoms with Crippen LogP contribution < -0.4 is 5.32 Å². The van der Waals surface area contributed by atoms with Crippen LogP contribution in [-0.2, 0) is 4.74 Å². The van der Waals surface area contributed by atoms with Gasteiger partial charge in [0.05, 0.1) is 12.3 Å². The minimum absolute atomic E-state index is 0.102. The molecule has 0 saturated carbocycles. The van der Waals surface area contributed by atoms with Crippen LogP contribution in [-0.4, -0.2) is 45.9 Å². The van der Waals surface area contributed by atoms with Crippen LogP contribution in [0.2, 0.25) is 0 Å². The largest absolute Gasteiger partial charge is 0.383 e. The third-order valence-electron chi connectivity index (χ3n) is 5.04. The van der Waals surface area contributed by atoms with Crippen molar-refractivity contribution >= 4 is 5.91 Å². The molecule has 0 fully saturated rings. The fourth-order valence-electron chi connectivity index (χ4n) is 3.41. The summed E-state index contributed by atoms with van der Waals surface area (Å²) in [6.07, 6.45) is 0. The normalized spacial score (nSPS) is 12.2. The van der Waals surface area contributed by atoms with Gasteiger partial charge in [-0.2, -0.15) is 4.68 Å². The van der Waals surface area contributed by atoms with Crippen molar-refractivity contribution in [3.05, 3.63) is 58.9 Å². The smallest absolute Gasteiger partial charge is 0.251 e. The van der Waals surface area contributed by atoms with E-state index < -0.39 is 0 Å². The van der Waals surface area contributed by atoms with Gasteiger partial charge < -0.3 is 10.1 Å². The third kappa shape index (κ3) is 4.57. The predicted octanol–water partition coefficient (Wildman–Crippen LogP) is 3.83. The zero-order valence-corrected chi connectivity index (χ0v) is 18.4. The maximum Gasteiger partial charge on any atom is 0.251 e. The Morgan fingerprint density at radius 3 is 2.47 bits per heavy atom. The van der Waals surface area contributed by atoms with Crippen molar-refractivity contribution in [2.24, 2.45) is 0 Å². The average molecular weight is 408 g/mol. The summed E-state index contributed by atoms with van der Waals surface area (Å²) >= 11 is 0. The summed E-state index contributed by atoms with van der Waals surface area (Å²) in [6.45, 7) is 10.5. The lowest BCUT2D eigenvalue weighted by Gasteiger charge is -2.18. The zero-order chi connectivity index (χ0) is 21.8. The first-order valence-electron chi connectivity index (χ1n) is 10.1. The molecule has 30 heavy (non-hydrogen) atoms. The molecule has 3 rings (SSSR count). The second-order valence-corrected chi connectivity index (χ2v) is 7.97. The number of aryl methyl sites for hydroxylation is 1. The molecule has 1 atom stereocenters. The van der Waals surface area contributed by atoms with Crippen LogP contribution in [0.5, 0.6) is 0 Å². The van der Waals surface area contributed by atoms with Gasteiger partial charge >= 0.3 is 0 Å². The molecule has 1 unspecified atom stereocenters. The second kappa shape index (κ2) is 9.17. The van der Waals surface area contributed by atoms with Gasteiger partial charge in [-0.25, -0.2) is 0 Å². The van der Waals surface area contributed by atoms with Gasteiger partial charge in [-0.1, -0.05) is 43.7 Å². The van der Waals surface area contributed by atoms with Crippen molar-refractivity contribution in [3.8, 4) is 16.8 Å². The zero-order valence-electron chi connectivity index (χ0n) is 18.4. The topological polar surface area (TPSA) is 81.9 Å². The maximum absolute atomic E-state index is 13.0. The van der Waals surface area contributed by atoms with Crippen LogP contribution in [0.15, 0.2) is 36.4 Å². The van der Waals surface area contributed by atoms with E-state index in [1.807, 2.05) is 39.8 Å². The molecule has 2 aromatic carbocycles. The number of ether oxygens (including phenoxy) is 1. The molecule has 0 spiro atoms. The van der Waals surface area contributed by atoms with Gasteiger partial charge in [0.2, 0.25) is 0 Å². The highest BCUT2D eigenvalue weighted by atomic mass is 16.5. The van der Waals surface area contributed by atoms with Crippen LogP contribution >= 0.6 is 0 Å². The molecule has 0 aliphatic heterocycles. The van der Waals surface area contributed by atoms with E-state index in [0.29, 0.717) is 12.2 Å². The van der Waals surface area contributed by atoms with E-state index in [-0.39, 0.29) is 17.9 Å². The minimum Gasteiger partial charge on any atom is -0.383 e. The quantitative estimate of drug-likeness (QED) is 0.644. The van der Waals surface area contributed by atoms with Gasteiger partial charge in [0, 0.05) is 24.6 Å². The lowest BCUT2D eigenvalue weighted by Crippen LogP contribution is -2.35. The maximum atomic E-state index is 13.0. The summed E-state index contributed by atoms with van der Waals surface area (Å²) in [6, 6.07) is 12.0. The van der Waals surface area contributed by atoms with E-state index in [2.05, 4.69) is 52.0 Å². The predicted molar refractivity (Wildman–Crippen MR) is 117 cm³/mol. The molecule has 0 radical (unpaired) electrons. The summed E-state index contributed by atoms with van der Waals surface area (Å²) in [5.41, 5.74) is 5.56. The number of rotatable bonds is 7. The van der Waals surface area contributed by atoms with Crippen LogP contribution in [0.1, 0.15) is 54.0 Å². The van der Waals surface area contributed by atoms with Gasteiger partial charge in [-0.3, -0.25) is 4.79 Å². The summed E-state index contributed by atoms with van der Waals surface area (Å²) in [5.74, 6) is 0.730. The number of nitrogens with one attached hydrogen (secondary N) is 1. The Bertz CT molecular complexity index is 1020. The van der Waals surface area contributed by atoms with Gasteiger partial charge in [0.1, 0.15) is 0 Å². The third-order valence-corrected chi connectivity index (χ3v) is 5.04. The summed E-state index contributed by atoms with van der Waals surface area (Å²) in [4.78, 5) is 13.0. The molecule has 0 bridgehead atoms. The number of tetrazole rings is 1. The molecule has 0 saturated heterocycles. The van der Waals surface area contributed by atoms with E-state index in [1.54, 1.807) is 11.8 Å². The van der Waals surface area contributed by atoms with Gasteiger partial charge in [-0.15, -0.1) is 5.10 Å². The highest BCUT2D eigenvalue weighted by molar-refractivity contribution is 5.97. The monoisotopic (exact) mass is 407 g/mol. The SMILES string of the molecule is COCC(C)NC(=O)c1cc(-c2ccc(C)cc2)c(C)c(-n2nnnc2C(C)C)c1. The molecule has 7 nitrogen and oxygen atoms in total. The van der Waals surface area contributed by atoms with Crippen LogP contribution in [0.4, 0.5) is 0 Å². The highest BCUT2D eigenvalue weighted by Crippen LogP contribution is 2.31. The van der Waals surface area contributed by atoms with Crippen LogP contribution in [0.3, 0.4) is 0 Å². The van der Waals surface area contributed by atoms with Gasteiger partial charge in [0.25, 0.3) is 5.91 Å². The number of aromatic nitrogens is 4. The lowest BCUT2D eigenvalue weighted by molar-refractivity contribution is 0.0905. The van der Waals surface area contributed by atoms with Gasteiger partial charge in [-0.05, 0) is 60.0 Å². The fraction of sp³-hybridized carbons (Fsp3) is 0.391. The van der Waals surface area contributed by atoms with Crippen molar-refractivity contribution in [3.63, 3.8) is 0 Å². The second-order valence-electron chi connectivity index (χ2n) is 7.97. The molecule has 1 aromatic heterocycles. The standard InChI is InChI=1S/C23H29N5O2/c1-14(2)22-25-26-27-28(22)21-12-19(23(29)24-16(4)13-30-6)11-20(17(21)5)18-9-7-15(3)8-10-18/h7-12,14,16H,13H2,1-6H3,(H,24,29). The number of hydrogen-bond donors (Lipinski definition) is 1. The Morgan fingerprint density at radius 2 is 1.83 bits per heavy atom. The Kier molecular flexibility index (Phi) is 6.62. The Hall–Kier alpha value is -3.06. The van der Waals surface area contributed by atoms with Crippen LogP contribution in [0.25, 0.3) is 16.8 Å². The van der Waals surface area contributed by atoms with Crippen molar-refractivity contribution in [1.82, 2.24) is 25.5 Å². The minimum atomic E-state index is -0.159. The Labute approximate surface area is 177 Å². The molecule has 7 heteroatoms. The van der Waals surface area contributed by atoms with Gasteiger partial charge in [0.15, 0.2) is 5.82 Å². The summed E-state index contributed by atoms with van der Waals surface area (Å²) < 4.78 is 6.87. The van der Waals surface area contributed by atoms with E-state index in [0.717, 1.165) is 28.2 Å². The van der Waals surface area contributed by atoms with Crippen molar-refractivity contribution < 1.29 is 9.53 Å². The Morgan fingerprint density at radius 1 is 1.13 bits per heavy atom. The van der Waals surface area contributed by atoms with Crippen LogP contribution in [0, 0.1) is 13.8 Å². The van der Waals surface area contributed by atoms with E-state index in [1.165, 1.54) is 5.56 Å². The average Bonchev–Trinajstić information content (AvgIpc) is 3.19. The van der Waals surface area contributed by atoms with Crippen molar-refractivity contribution in [1.29, 1.82) is 0 Å². The first kappa shape index (κ1) is 21.6. The Balaban J connectivity index is 2.16. The molecule has 1 amide bonds. The number of amides is 1. The molecule has 0 aliphatic carbocycles. The number of benzene rings is 2. The lowest BCUT2D eigenvalue weighted by atomic mass is 9.95. The van der Waals surface area contributed by atoms with Crippen molar-refractivity contribution in [2.45, 2.75) is 46.6 Å². The number of nitrogens with zero attached hydrogens (tertiary/aromatic N) is 4. The van der Waals surface area contributed by atoms with E-state index in [9.17, 15) is 4.79 Å². The molecule has 3 aromatic rings. The fourth-order valence-corrected chi connectivity index (χ4v) is 3.41. The van der Waals surface area contributed by atoms with E-state index >= 15 is 0 Å². The summed E-state index contributed by atoms with van der Waals surface area (Å²) in [5, 5.41) is 15.2. The molecular formula is C23H29N5O2.